The Morgan fingerprint density at radius 3 is 2.87 bits per heavy atom. The van der Waals surface area contributed by atoms with Crippen molar-refractivity contribution in [3.05, 3.63) is 56.8 Å². The molecule has 1 N–H and O–H groups in total. The highest BCUT2D eigenvalue weighted by Gasteiger charge is 2.12. The van der Waals surface area contributed by atoms with Gasteiger partial charge in [-0.05, 0) is 43.2 Å². The first-order valence-corrected chi connectivity index (χ1v) is 8.32. The fourth-order valence-corrected chi connectivity index (χ4v) is 2.82. The Balaban J connectivity index is 2.22. The molecule has 0 atom stereocenters. The van der Waals surface area contributed by atoms with Crippen LogP contribution in [-0.2, 0) is 0 Å². The van der Waals surface area contributed by atoms with Crippen LogP contribution in [0.5, 0.6) is 5.75 Å². The molecule has 0 bridgehead atoms. The molecule has 0 amide bonds. The number of fused-ring (bicyclic) bond motifs is 1. The maximum atomic E-state index is 12.4. The van der Waals surface area contributed by atoms with Gasteiger partial charge in [0.05, 0.1) is 23.1 Å². The SMILES string of the molecule is CCCOc1ccc(Br)cc1-c1nc2c(C)cccc2c(=O)[nH]1. The number of para-hydroxylation sites is 1. The zero-order valence-corrected chi connectivity index (χ0v) is 14.6. The lowest BCUT2D eigenvalue weighted by molar-refractivity contribution is 0.318. The summed E-state index contributed by atoms with van der Waals surface area (Å²) in [6, 6.07) is 11.3. The van der Waals surface area contributed by atoms with E-state index in [-0.39, 0.29) is 5.56 Å². The first-order chi connectivity index (χ1) is 11.1. The number of H-pyrrole nitrogens is 1. The summed E-state index contributed by atoms with van der Waals surface area (Å²) in [5, 5.41) is 0.597. The molecule has 0 aliphatic heterocycles. The second kappa shape index (κ2) is 6.54. The van der Waals surface area contributed by atoms with Gasteiger partial charge >= 0.3 is 0 Å². The van der Waals surface area contributed by atoms with Gasteiger partial charge < -0.3 is 9.72 Å². The zero-order valence-electron chi connectivity index (χ0n) is 13.0. The van der Waals surface area contributed by atoms with E-state index in [1.54, 1.807) is 6.07 Å². The van der Waals surface area contributed by atoms with E-state index >= 15 is 0 Å². The van der Waals surface area contributed by atoms with Crippen LogP contribution in [0.25, 0.3) is 22.3 Å². The number of nitrogens with one attached hydrogen (secondary N) is 1. The molecule has 1 aromatic heterocycles. The van der Waals surface area contributed by atoms with Gasteiger partial charge in [0.15, 0.2) is 0 Å². The number of halogens is 1. The summed E-state index contributed by atoms with van der Waals surface area (Å²) in [6.45, 7) is 4.62. The minimum atomic E-state index is -0.143. The largest absolute Gasteiger partial charge is 0.493 e. The van der Waals surface area contributed by atoms with E-state index in [4.69, 9.17) is 4.74 Å². The maximum Gasteiger partial charge on any atom is 0.259 e. The Morgan fingerprint density at radius 2 is 2.09 bits per heavy atom. The molecule has 0 radical (unpaired) electrons. The summed E-state index contributed by atoms with van der Waals surface area (Å²) in [7, 11) is 0. The van der Waals surface area contributed by atoms with Crippen molar-refractivity contribution in [2.75, 3.05) is 6.61 Å². The zero-order chi connectivity index (χ0) is 16.4. The smallest absolute Gasteiger partial charge is 0.259 e. The minimum absolute atomic E-state index is 0.143. The van der Waals surface area contributed by atoms with Crippen molar-refractivity contribution >= 4 is 26.8 Å². The van der Waals surface area contributed by atoms with Crippen LogP contribution in [0.4, 0.5) is 0 Å². The summed E-state index contributed by atoms with van der Waals surface area (Å²) in [5.74, 6) is 1.23. The molecule has 0 unspecified atom stereocenters. The monoisotopic (exact) mass is 372 g/mol. The standard InChI is InChI=1S/C18H17BrN2O2/c1-3-9-23-15-8-7-12(19)10-14(15)17-20-16-11(2)5-4-6-13(16)18(22)21-17/h4-8,10H,3,9H2,1-2H3,(H,20,21,22). The Bertz CT molecular complexity index is 919. The second-order valence-electron chi connectivity index (χ2n) is 5.37. The maximum absolute atomic E-state index is 12.4. The topological polar surface area (TPSA) is 55.0 Å². The fraction of sp³-hybridized carbons (Fsp3) is 0.222. The van der Waals surface area contributed by atoms with Gasteiger partial charge in [-0.25, -0.2) is 4.98 Å². The molecule has 1 heterocycles. The van der Waals surface area contributed by atoms with E-state index in [0.29, 0.717) is 29.1 Å². The van der Waals surface area contributed by atoms with Crippen molar-refractivity contribution in [2.24, 2.45) is 0 Å². The highest BCUT2D eigenvalue weighted by molar-refractivity contribution is 9.10. The van der Waals surface area contributed by atoms with Crippen LogP contribution < -0.4 is 10.3 Å². The van der Waals surface area contributed by atoms with Gasteiger partial charge in [-0.1, -0.05) is 35.0 Å². The normalized spacial score (nSPS) is 10.9. The third kappa shape index (κ3) is 3.15. The van der Waals surface area contributed by atoms with Gasteiger partial charge in [0.1, 0.15) is 11.6 Å². The van der Waals surface area contributed by atoms with Crippen molar-refractivity contribution in [3.8, 4) is 17.1 Å². The molecule has 23 heavy (non-hydrogen) atoms. The minimum Gasteiger partial charge on any atom is -0.493 e. The number of aromatic amines is 1. The van der Waals surface area contributed by atoms with Crippen LogP contribution in [0.3, 0.4) is 0 Å². The third-order valence-corrected chi connectivity index (χ3v) is 4.09. The quantitative estimate of drug-likeness (QED) is 0.735. The first-order valence-electron chi connectivity index (χ1n) is 7.52. The van der Waals surface area contributed by atoms with Crippen LogP contribution in [-0.4, -0.2) is 16.6 Å². The van der Waals surface area contributed by atoms with Gasteiger partial charge in [0.2, 0.25) is 0 Å². The highest BCUT2D eigenvalue weighted by Crippen LogP contribution is 2.31. The predicted molar refractivity (Wildman–Crippen MR) is 96.0 cm³/mol. The van der Waals surface area contributed by atoms with Crippen molar-refractivity contribution < 1.29 is 4.74 Å². The predicted octanol–water partition coefficient (Wildman–Crippen LogP) is 4.45. The van der Waals surface area contributed by atoms with Crippen molar-refractivity contribution in [1.82, 2.24) is 9.97 Å². The molecule has 0 aliphatic carbocycles. The Morgan fingerprint density at radius 1 is 1.26 bits per heavy atom. The number of nitrogens with zero attached hydrogens (tertiary/aromatic N) is 1. The van der Waals surface area contributed by atoms with Crippen LogP contribution in [0.15, 0.2) is 45.7 Å². The number of hydrogen-bond acceptors (Lipinski definition) is 3. The van der Waals surface area contributed by atoms with Gasteiger partial charge in [0.25, 0.3) is 5.56 Å². The van der Waals surface area contributed by atoms with Crippen LogP contribution in [0.1, 0.15) is 18.9 Å². The summed E-state index contributed by atoms with van der Waals surface area (Å²) < 4.78 is 6.70. The van der Waals surface area contributed by atoms with E-state index in [2.05, 4.69) is 32.8 Å². The van der Waals surface area contributed by atoms with Crippen LogP contribution in [0, 0.1) is 6.92 Å². The molecule has 5 heteroatoms. The third-order valence-electron chi connectivity index (χ3n) is 3.60. The number of aryl methyl sites for hydroxylation is 1. The molecule has 0 saturated heterocycles. The molecule has 0 spiro atoms. The molecule has 2 aromatic carbocycles. The van der Waals surface area contributed by atoms with Gasteiger partial charge in [-0.15, -0.1) is 0 Å². The molecule has 0 saturated carbocycles. The van der Waals surface area contributed by atoms with Gasteiger partial charge in [0, 0.05) is 4.47 Å². The Hall–Kier alpha value is -2.14. The summed E-state index contributed by atoms with van der Waals surface area (Å²) >= 11 is 3.47. The number of benzene rings is 2. The van der Waals surface area contributed by atoms with Crippen molar-refractivity contribution in [2.45, 2.75) is 20.3 Å². The van der Waals surface area contributed by atoms with E-state index in [0.717, 1.165) is 22.0 Å². The molecule has 3 aromatic rings. The van der Waals surface area contributed by atoms with E-state index in [9.17, 15) is 4.79 Å². The molecular formula is C18H17BrN2O2. The van der Waals surface area contributed by atoms with E-state index in [1.807, 2.05) is 37.3 Å². The van der Waals surface area contributed by atoms with E-state index in [1.165, 1.54) is 0 Å². The summed E-state index contributed by atoms with van der Waals surface area (Å²) in [4.78, 5) is 19.9. The second-order valence-corrected chi connectivity index (χ2v) is 6.29. The number of rotatable bonds is 4. The van der Waals surface area contributed by atoms with Crippen molar-refractivity contribution in [3.63, 3.8) is 0 Å². The molecule has 3 rings (SSSR count). The average Bonchev–Trinajstić information content (AvgIpc) is 2.54. The fourth-order valence-electron chi connectivity index (χ4n) is 2.46. The Kier molecular flexibility index (Phi) is 4.48. The van der Waals surface area contributed by atoms with E-state index < -0.39 is 0 Å². The molecule has 118 valence electrons. The molecule has 0 fully saturated rings. The lowest BCUT2D eigenvalue weighted by Gasteiger charge is -2.12. The summed E-state index contributed by atoms with van der Waals surface area (Å²) in [6.07, 6.45) is 0.913. The van der Waals surface area contributed by atoms with Crippen LogP contribution in [0.2, 0.25) is 0 Å². The lowest BCUT2D eigenvalue weighted by atomic mass is 10.1. The van der Waals surface area contributed by atoms with Crippen LogP contribution >= 0.6 is 15.9 Å². The Labute approximate surface area is 142 Å². The number of hydrogen-bond donors (Lipinski definition) is 1. The molecular weight excluding hydrogens is 356 g/mol. The number of ether oxygens (including phenoxy) is 1. The van der Waals surface area contributed by atoms with Gasteiger partial charge in [-0.3, -0.25) is 4.79 Å². The highest BCUT2D eigenvalue weighted by atomic mass is 79.9. The average molecular weight is 373 g/mol. The lowest BCUT2D eigenvalue weighted by Crippen LogP contribution is -2.10. The van der Waals surface area contributed by atoms with Gasteiger partial charge in [-0.2, -0.15) is 0 Å². The molecule has 0 aliphatic rings. The van der Waals surface area contributed by atoms with Crippen molar-refractivity contribution in [1.29, 1.82) is 0 Å². The number of aromatic nitrogens is 2. The first kappa shape index (κ1) is 15.7. The summed E-state index contributed by atoms with van der Waals surface area (Å²) in [5.41, 5.74) is 2.32. The molecule has 4 nitrogen and oxygen atoms in total.